The second-order valence-electron chi connectivity index (χ2n) is 5.70. The summed E-state index contributed by atoms with van der Waals surface area (Å²) in [6.45, 7) is 0.434. The standard InChI is InChI=1S/C19H13FN4O2S/c20-13-7-12(24-25)2-4-16(13)26-17-5-6-22-15-8-18(27-19(15)17)14-3-1-11(9-21)10-23-14/h1-8,10H,9,21H2. The summed E-state index contributed by atoms with van der Waals surface area (Å²) in [5.41, 5.74) is 8.09. The smallest absolute Gasteiger partial charge is 0.167 e. The Morgan fingerprint density at radius 1 is 1.11 bits per heavy atom. The zero-order valence-corrected chi connectivity index (χ0v) is 14.7. The van der Waals surface area contributed by atoms with Gasteiger partial charge in [-0.05, 0) is 35.0 Å². The minimum atomic E-state index is -0.659. The van der Waals surface area contributed by atoms with Crippen LogP contribution in [0, 0.1) is 10.7 Å². The van der Waals surface area contributed by atoms with Gasteiger partial charge < -0.3 is 10.5 Å². The molecule has 2 N–H and O–H groups in total. The van der Waals surface area contributed by atoms with Gasteiger partial charge in [-0.25, -0.2) is 4.39 Å². The van der Waals surface area contributed by atoms with E-state index in [4.69, 9.17) is 10.5 Å². The number of pyridine rings is 2. The van der Waals surface area contributed by atoms with Crippen LogP contribution in [0.3, 0.4) is 0 Å². The number of nitrogens with two attached hydrogens (primary N) is 1. The maximum atomic E-state index is 14.1. The lowest BCUT2D eigenvalue weighted by atomic mass is 10.2. The van der Waals surface area contributed by atoms with Crippen molar-refractivity contribution in [2.45, 2.75) is 6.54 Å². The van der Waals surface area contributed by atoms with Gasteiger partial charge in [0.15, 0.2) is 11.6 Å². The Balaban J connectivity index is 1.71. The first kappa shape index (κ1) is 17.2. The monoisotopic (exact) mass is 380 g/mol. The van der Waals surface area contributed by atoms with E-state index in [1.165, 1.54) is 23.5 Å². The van der Waals surface area contributed by atoms with E-state index in [9.17, 15) is 9.30 Å². The van der Waals surface area contributed by atoms with E-state index in [2.05, 4.69) is 15.1 Å². The molecule has 0 radical (unpaired) electrons. The summed E-state index contributed by atoms with van der Waals surface area (Å²) in [7, 11) is 0. The Hall–Kier alpha value is -3.23. The molecule has 0 spiro atoms. The molecule has 0 saturated carbocycles. The molecule has 4 rings (SSSR count). The number of thiophene rings is 1. The third kappa shape index (κ3) is 3.40. The maximum absolute atomic E-state index is 14.1. The van der Waals surface area contributed by atoms with Gasteiger partial charge in [-0.3, -0.25) is 9.97 Å². The van der Waals surface area contributed by atoms with E-state index in [0.29, 0.717) is 12.3 Å². The highest BCUT2D eigenvalue weighted by atomic mass is 32.1. The molecule has 0 bridgehead atoms. The lowest BCUT2D eigenvalue weighted by Crippen LogP contribution is -1.96. The number of aromatic nitrogens is 2. The minimum absolute atomic E-state index is 0.00476. The van der Waals surface area contributed by atoms with Crippen LogP contribution < -0.4 is 10.5 Å². The Bertz CT molecular complexity index is 1130. The van der Waals surface area contributed by atoms with Crippen LogP contribution in [0.15, 0.2) is 60.0 Å². The van der Waals surface area contributed by atoms with Crippen molar-refractivity contribution in [3.8, 4) is 22.1 Å². The summed E-state index contributed by atoms with van der Waals surface area (Å²) in [5.74, 6) is -0.177. The normalized spacial score (nSPS) is 10.9. The van der Waals surface area contributed by atoms with Crippen molar-refractivity contribution in [1.29, 1.82) is 0 Å². The number of benzene rings is 1. The van der Waals surface area contributed by atoms with Gasteiger partial charge >= 0.3 is 0 Å². The fourth-order valence-electron chi connectivity index (χ4n) is 2.56. The second-order valence-corrected chi connectivity index (χ2v) is 6.75. The second kappa shape index (κ2) is 7.18. The average Bonchev–Trinajstić information content (AvgIpc) is 3.15. The molecule has 0 unspecified atom stereocenters. The van der Waals surface area contributed by atoms with E-state index in [1.807, 2.05) is 18.2 Å². The van der Waals surface area contributed by atoms with Crippen molar-refractivity contribution in [1.82, 2.24) is 9.97 Å². The first-order valence-electron chi connectivity index (χ1n) is 8.02. The predicted molar refractivity (Wildman–Crippen MR) is 103 cm³/mol. The SMILES string of the molecule is NCc1ccc(-c2cc3nccc(Oc4ccc(N=O)cc4F)c3s2)nc1. The topological polar surface area (TPSA) is 90.5 Å². The molecule has 0 aliphatic heterocycles. The minimum Gasteiger partial charge on any atom is -0.453 e. The van der Waals surface area contributed by atoms with Crippen LogP contribution in [0.5, 0.6) is 11.5 Å². The molecule has 6 nitrogen and oxygen atoms in total. The van der Waals surface area contributed by atoms with Gasteiger partial charge in [0.1, 0.15) is 11.4 Å². The van der Waals surface area contributed by atoms with Gasteiger partial charge in [-0.15, -0.1) is 16.2 Å². The average molecular weight is 380 g/mol. The molecule has 4 aromatic rings. The van der Waals surface area contributed by atoms with E-state index >= 15 is 0 Å². The Labute approximate surface area is 157 Å². The first-order chi connectivity index (χ1) is 13.2. The molecule has 0 fully saturated rings. The van der Waals surface area contributed by atoms with Crippen LogP contribution in [0.4, 0.5) is 10.1 Å². The molecular weight excluding hydrogens is 367 g/mol. The predicted octanol–water partition coefficient (Wildman–Crippen LogP) is 5.15. The number of nitroso groups, excluding NO2 is 1. The van der Waals surface area contributed by atoms with E-state index in [1.54, 1.807) is 18.5 Å². The molecule has 0 aliphatic carbocycles. The fraction of sp³-hybridized carbons (Fsp3) is 0.0526. The summed E-state index contributed by atoms with van der Waals surface area (Å²) in [6, 6.07) is 11.2. The highest BCUT2D eigenvalue weighted by Gasteiger charge is 2.13. The molecule has 0 atom stereocenters. The zero-order chi connectivity index (χ0) is 18.8. The van der Waals surface area contributed by atoms with Gasteiger partial charge in [0.05, 0.1) is 20.8 Å². The lowest BCUT2D eigenvalue weighted by Gasteiger charge is -2.07. The van der Waals surface area contributed by atoms with Crippen molar-refractivity contribution in [2.75, 3.05) is 0 Å². The number of hydrogen-bond donors (Lipinski definition) is 1. The van der Waals surface area contributed by atoms with Gasteiger partial charge in [0.2, 0.25) is 0 Å². The molecule has 3 aromatic heterocycles. The van der Waals surface area contributed by atoms with Crippen molar-refractivity contribution in [3.63, 3.8) is 0 Å². The third-order valence-corrected chi connectivity index (χ3v) is 5.09. The van der Waals surface area contributed by atoms with Gasteiger partial charge in [-0.2, -0.15) is 0 Å². The summed E-state index contributed by atoms with van der Waals surface area (Å²) in [5, 5.41) is 2.71. The summed E-state index contributed by atoms with van der Waals surface area (Å²) in [6.07, 6.45) is 3.33. The Morgan fingerprint density at radius 3 is 2.70 bits per heavy atom. The number of rotatable bonds is 5. The molecule has 0 saturated heterocycles. The van der Waals surface area contributed by atoms with Gasteiger partial charge in [0, 0.05) is 31.1 Å². The molecule has 0 aliphatic rings. The summed E-state index contributed by atoms with van der Waals surface area (Å²) in [4.78, 5) is 20.2. The quantitative estimate of drug-likeness (QED) is 0.484. The lowest BCUT2D eigenvalue weighted by molar-refractivity contribution is 0.447. The van der Waals surface area contributed by atoms with Gasteiger partial charge in [-0.1, -0.05) is 6.07 Å². The van der Waals surface area contributed by atoms with E-state index in [0.717, 1.165) is 32.4 Å². The molecule has 8 heteroatoms. The van der Waals surface area contributed by atoms with Crippen LogP contribution in [0.2, 0.25) is 0 Å². The number of ether oxygens (including phenoxy) is 1. The van der Waals surface area contributed by atoms with E-state index < -0.39 is 5.82 Å². The Morgan fingerprint density at radius 2 is 2.00 bits per heavy atom. The zero-order valence-electron chi connectivity index (χ0n) is 13.9. The van der Waals surface area contributed by atoms with Crippen molar-refractivity contribution < 1.29 is 9.13 Å². The summed E-state index contributed by atoms with van der Waals surface area (Å²) >= 11 is 1.45. The van der Waals surface area contributed by atoms with Gasteiger partial charge in [0.25, 0.3) is 0 Å². The highest BCUT2D eigenvalue weighted by molar-refractivity contribution is 7.22. The first-order valence-corrected chi connectivity index (χ1v) is 8.84. The van der Waals surface area contributed by atoms with Crippen LogP contribution >= 0.6 is 11.3 Å². The van der Waals surface area contributed by atoms with Crippen molar-refractivity contribution in [3.05, 3.63) is 71.1 Å². The highest BCUT2D eigenvalue weighted by Crippen LogP contribution is 2.39. The number of fused-ring (bicyclic) bond motifs is 1. The van der Waals surface area contributed by atoms with Crippen LogP contribution in [0.25, 0.3) is 20.8 Å². The summed E-state index contributed by atoms with van der Waals surface area (Å²) < 4.78 is 20.6. The van der Waals surface area contributed by atoms with Crippen LogP contribution in [-0.4, -0.2) is 9.97 Å². The van der Waals surface area contributed by atoms with Crippen molar-refractivity contribution >= 4 is 27.2 Å². The molecular formula is C19H13FN4O2S. The number of halogens is 1. The van der Waals surface area contributed by atoms with Crippen LogP contribution in [0.1, 0.15) is 5.56 Å². The Kier molecular flexibility index (Phi) is 4.57. The fourth-order valence-corrected chi connectivity index (χ4v) is 3.60. The molecule has 0 amide bonds. The van der Waals surface area contributed by atoms with E-state index in [-0.39, 0.29) is 11.4 Å². The van der Waals surface area contributed by atoms with Crippen LogP contribution in [-0.2, 0) is 6.54 Å². The molecule has 134 valence electrons. The molecule has 1 aromatic carbocycles. The number of hydrogen-bond acceptors (Lipinski definition) is 7. The number of nitrogens with zero attached hydrogens (tertiary/aromatic N) is 3. The molecule has 3 heterocycles. The largest absolute Gasteiger partial charge is 0.453 e. The van der Waals surface area contributed by atoms with Crippen molar-refractivity contribution in [2.24, 2.45) is 10.9 Å². The molecule has 27 heavy (non-hydrogen) atoms. The third-order valence-electron chi connectivity index (χ3n) is 3.93. The maximum Gasteiger partial charge on any atom is 0.167 e.